The van der Waals surface area contributed by atoms with Gasteiger partial charge in [-0.2, -0.15) is 0 Å². The molecule has 0 amide bonds. The van der Waals surface area contributed by atoms with Gasteiger partial charge < -0.3 is 39.4 Å². The molecule has 264 valence electrons. The molecule has 8 aromatic carbocycles. The number of halogens is 2. The molecule has 0 aliphatic carbocycles. The highest BCUT2D eigenvalue weighted by molar-refractivity contribution is 7.95. The van der Waals surface area contributed by atoms with E-state index in [1.165, 1.54) is 53.7 Å². The van der Waals surface area contributed by atoms with Crippen molar-refractivity contribution in [2.24, 2.45) is 0 Å². The zero-order valence-electron chi connectivity index (χ0n) is 29.3. The molecule has 0 heterocycles. The minimum atomic E-state index is -1.99. The molecule has 8 aromatic rings. The van der Waals surface area contributed by atoms with Crippen LogP contribution in [0.5, 0.6) is 0 Å². The Morgan fingerprint density at radius 3 is 0.679 bits per heavy atom. The summed E-state index contributed by atoms with van der Waals surface area (Å²) in [5.74, 6) is 0. The lowest BCUT2D eigenvalue weighted by Crippen LogP contribution is -3.00. The van der Waals surface area contributed by atoms with E-state index in [0.717, 1.165) is 12.3 Å². The van der Waals surface area contributed by atoms with E-state index >= 15 is 0 Å². The van der Waals surface area contributed by atoms with Gasteiger partial charge in [-0.05, 0) is 107 Å². The number of hydrogen-bond acceptors (Lipinski definition) is 0. The number of benzene rings is 8. The highest BCUT2D eigenvalue weighted by atomic mass is 79.9. The lowest BCUT2D eigenvalue weighted by atomic mass is 10.1. The van der Waals surface area contributed by atoms with E-state index in [4.69, 9.17) is 0 Å². The standard InChI is InChI=1S/C48H40P2.2BrH.H2O/c1-7-19-43(20-8-1)49(44-21-9-2-10-22-44,45-23-11-3-12-24-45)37-39-31-33-42-36-40(32-34-41(42)35-39)38-50(46-25-13-4-14-26-46,47-27-15-5-16-28-47)48-29-17-6-18-30-48;;;/h1-36H,37-38H2;2*1H;1H2/q+2;;;/p-2. The van der Waals surface area contributed by atoms with Gasteiger partial charge in [-0.1, -0.05) is 133 Å². The quantitative estimate of drug-likeness (QED) is 0.190. The first-order valence-corrected chi connectivity index (χ1v) is 21.3. The summed E-state index contributed by atoms with van der Waals surface area (Å²) in [6, 6.07) is 81.5. The van der Waals surface area contributed by atoms with Crippen LogP contribution >= 0.6 is 14.5 Å². The molecule has 0 radical (unpaired) electrons. The van der Waals surface area contributed by atoms with Crippen LogP contribution in [0.25, 0.3) is 10.8 Å². The van der Waals surface area contributed by atoms with Crippen molar-refractivity contribution >= 4 is 57.1 Å². The molecule has 0 spiro atoms. The minimum Gasteiger partial charge on any atom is -1.00 e. The van der Waals surface area contributed by atoms with Gasteiger partial charge in [0.15, 0.2) is 0 Å². The van der Waals surface area contributed by atoms with Crippen LogP contribution in [-0.4, -0.2) is 5.48 Å². The maximum atomic E-state index is 2.44. The van der Waals surface area contributed by atoms with Crippen LogP contribution in [0.1, 0.15) is 11.1 Å². The molecule has 2 N–H and O–H groups in total. The Balaban J connectivity index is 0.00000180. The first kappa shape index (κ1) is 40.0. The highest BCUT2D eigenvalue weighted by Crippen LogP contribution is 2.59. The van der Waals surface area contributed by atoms with Gasteiger partial charge in [0.25, 0.3) is 0 Å². The first-order valence-electron chi connectivity index (χ1n) is 17.4. The summed E-state index contributed by atoms with van der Waals surface area (Å²) in [6.07, 6.45) is 1.93. The van der Waals surface area contributed by atoms with Gasteiger partial charge in [0.1, 0.15) is 46.4 Å². The van der Waals surface area contributed by atoms with E-state index in [1.807, 2.05) is 0 Å². The Hall–Kier alpha value is -4.20. The number of hydrogen-bond donors (Lipinski definition) is 0. The lowest BCUT2D eigenvalue weighted by molar-refractivity contribution is -0.00100. The molecule has 0 saturated heterocycles. The second kappa shape index (κ2) is 18.2. The van der Waals surface area contributed by atoms with Gasteiger partial charge in [-0.3, -0.25) is 0 Å². The van der Waals surface area contributed by atoms with Crippen LogP contribution in [0.15, 0.2) is 218 Å². The van der Waals surface area contributed by atoms with Gasteiger partial charge in [0.05, 0.1) is 12.3 Å². The molecule has 53 heavy (non-hydrogen) atoms. The third kappa shape index (κ3) is 8.02. The zero-order valence-corrected chi connectivity index (χ0v) is 34.3. The average Bonchev–Trinajstić information content (AvgIpc) is 3.21. The van der Waals surface area contributed by atoms with Crippen LogP contribution in [0.2, 0.25) is 0 Å². The van der Waals surface area contributed by atoms with Crippen molar-refractivity contribution in [3.63, 3.8) is 0 Å². The van der Waals surface area contributed by atoms with E-state index in [-0.39, 0.29) is 39.4 Å². The molecule has 0 fully saturated rings. The van der Waals surface area contributed by atoms with Gasteiger partial charge in [-0.15, -0.1) is 0 Å². The van der Waals surface area contributed by atoms with Gasteiger partial charge in [0, 0.05) is 0 Å². The summed E-state index contributed by atoms with van der Waals surface area (Å²) in [5.41, 5.74) is 2.74. The van der Waals surface area contributed by atoms with E-state index in [1.54, 1.807) is 0 Å². The van der Waals surface area contributed by atoms with Crippen molar-refractivity contribution in [2.45, 2.75) is 12.3 Å². The summed E-state index contributed by atoms with van der Waals surface area (Å²) in [5, 5.41) is 11.1. The second-order valence-corrected chi connectivity index (χ2v) is 19.9. The Labute approximate surface area is 336 Å². The van der Waals surface area contributed by atoms with Crippen molar-refractivity contribution < 1.29 is 39.4 Å². The maximum Gasteiger partial charge on any atom is 0.116 e. The topological polar surface area (TPSA) is 31.5 Å². The number of fused-ring (bicyclic) bond motifs is 1. The lowest BCUT2D eigenvalue weighted by Gasteiger charge is -2.28. The molecule has 1 nitrogen and oxygen atoms in total. The third-order valence-electron chi connectivity index (χ3n) is 9.99. The Morgan fingerprint density at radius 1 is 0.264 bits per heavy atom. The van der Waals surface area contributed by atoms with Gasteiger partial charge in [0.2, 0.25) is 0 Å². The van der Waals surface area contributed by atoms with Gasteiger partial charge >= 0.3 is 0 Å². The van der Waals surface area contributed by atoms with Crippen molar-refractivity contribution in [1.29, 1.82) is 0 Å². The fraction of sp³-hybridized carbons (Fsp3) is 0.0417. The molecule has 0 aliphatic rings. The van der Waals surface area contributed by atoms with Crippen molar-refractivity contribution in [3.8, 4) is 0 Å². The van der Waals surface area contributed by atoms with Crippen LogP contribution < -0.4 is 65.8 Å². The van der Waals surface area contributed by atoms with Crippen LogP contribution in [0, 0.1) is 0 Å². The molecule has 0 saturated carbocycles. The third-order valence-corrected chi connectivity index (χ3v) is 18.7. The zero-order chi connectivity index (χ0) is 33.6. The Bertz CT molecular complexity index is 1950. The maximum absolute atomic E-state index is 2.44. The fourth-order valence-corrected chi connectivity index (χ4v) is 16.1. The Morgan fingerprint density at radius 2 is 0.472 bits per heavy atom. The molecule has 0 bridgehead atoms. The molecule has 5 heteroatoms. The molecular weight excluding hydrogens is 814 g/mol. The summed E-state index contributed by atoms with van der Waals surface area (Å²) >= 11 is 0. The second-order valence-electron chi connectivity index (χ2n) is 13.0. The molecular formula is C48H42Br2OP2. The molecule has 8 rings (SSSR count). The smallest absolute Gasteiger partial charge is 0.116 e. The molecule has 0 unspecified atom stereocenters. The van der Waals surface area contributed by atoms with Crippen LogP contribution in [0.3, 0.4) is 0 Å². The van der Waals surface area contributed by atoms with E-state index in [0.29, 0.717) is 0 Å². The highest BCUT2D eigenvalue weighted by Gasteiger charge is 2.46. The predicted octanol–water partition coefficient (Wildman–Crippen LogP) is 3.01. The monoisotopic (exact) mass is 854 g/mol. The van der Waals surface area contributed by atoms with Crippen LogP contribution in [0.4, 0.5) is 0 Å². The van der Waals surface area contributed by atoms with E-state index < -0.39 is 14.5 Å². The van der Waals surface area contributed by atoms with Gasteiger partial charge in [-0.25, -0.2) is 0 Å². The summed E-state index contributed by atoms with van der Waals surface area (Å²) in [7, 11) is -3.98. The molecule has 0 atom stereocenters. The normalized spacial score (nSPS) is 11.1. The van der Waals surface area contributed by atoms with Crippen molar-refractivity contribution in [3.05, 3.63) is 230 Å². The summed E-state index contributed by atoms with van der Waals surface area (Å²) in [6.45, 7) is 0. The van der Waals surface area contributed by atoms with E-state index in [9.17, 15) is 0 Å². The molecule has 0 aromatic heterocycles. The van der Waals surface area contributed by atoms with E-state index in [2.05, 4.69) is 218 Å². The molecule has 0 aliphatic heterocycles. The first-order chi connectivity index (χ1) is 24.8. The van der Waals surface area contributed by atoms with Crippen molar-refractivity contribution in [1.82, 2.24) is 0 Å². The summed E-state index contributed by atoms with van der Waals surface area (Å²) < 4.78 is 0. The Kier molecular flexibility index (Phi) is 13.8. The number of rotatable bonds is 10. The average molecular weight is 857 g/mol. The predicted molar refractivity (Wildman–Crippen MR) is 225 cm³/mol. The summed E-state index contributed by atoms with van der Waals surface area (Å²) in [4.78, 5) is 0. The largest absolute Gasteiger partial charge is 1.00 e. The SMILES string of the molecule is O.[Br-].[Br-].c1ccc([P+](Cc2ccc3cc(C[P+](c4ccccc4)(c4ccccc4)c4ccccc4)ccc3c2)(c2ccccc2)c2ccccc2)cc1. The van der Waals surface area contributed by atoms with Crippen molar-refractivity contribution in [2.75, 3.05) is 0 Å². The van der Waals surface area contributed by atoms with Crippen LogP contribution in [-0.2, 0) is 12.3 Å². The fourth-order valence-electron chi connectivity index (χ4n) is 7.63. The minimum absolute atomic E-state index is 0.